The summed E-state index contributed by atoms with van der Waals surface area (Å²) in [6.07, 6.45) is 3.15. The van der Waals surface area contributed by atoms with Gasteiger partial charge >= 0.3 is 5.97 Å². The molecule has 0 spiro atoms. The Morgan fingerprint density at radius 3 is 2.75 bits per heavy atom. The molecule has 0 radical (unpaired) electrons. The molecule has 24 heavy (non-hydrogen) atoms. The molecule has 0 bridgehead atoms. The number of anilines is 1. The van der Waals surface area contributed by atoms with Gasteiger partial charge in [0.1, 0.15) is 12.4 Å². The first kappa shape index (κ1) is 16.7. The predicted molar refractivity (Wildman–Crippen MR) is 94.5 cm³/mol. The van der Waals surface area contributed by atoms with E-state index in [0.717, 1.165) is 28.6 Å². The van der Waals surface area contributed by atoms with Crippen molar-refractivity contribution >= 4 is 27.8 Å². The molecule has 0 fully saturated rings. The maximum Gasteiger partial charge on any atom is 0.338 e. The van der Waals surface area contributed by atoms with Crippen molar-refractivity contribution in [1.29, 1.82) is 0 Å². The van der Waals surface area contributed by atoms with Crippen LogP contribution in [0.5, 0.6) is 0 Å². The van der Waals surface area contributed by atoms with Gasteiger partial charge in [0.25, 0.3) is 0 Å². The monoisotopic (exact) mass is 390 g/mol. The van der Waals surface area contributed by atoms with Gasteiger partial charge in [0.05, 0.1) is 12.2 Å². The van der Waals surface area contributed by atoms with Crippen LogP contribution in [0.15, 0.2) is 46.3 Å². The van der Waals surface area contributed by atoms with E-state index in [9.17, 15) is 4.79 Å². The Labute approximate surface area is 149 Å². The van der Waals surface area contributed by atoms with Gasteiger partial charge < -0.3 is 10.1 Å². The van der Waals surface area contributed by atoms with Crippen molar-refractivity contribution in [1.82, 2.24) is 14.8 Å². The Morgan fingerprint density at radius 2 is 2.08 bits per heavy atom. The number of hydrogen-bond acceptors (Lipinski definition) is 5. The topological polar surface area (TPSA) is 69.0 Å². The van der Waals surface area contributed by atoms with Gasteiger partial charge in [-0.25, -0.2) is 9.48 Å². The summed E-state index contributed by atoms with van der Waals surface area (Å²) in [6, 6.07) is 7.52. The first-order valence-electron chi connectivity index (χ1n) is 7.97. The molecule has 1 aromatic carbocycles. The first-order valence-corrected chi connectivity index (χ1v) is 8.77. The normalized spacial score (nSPS) is 16.5. The van der Waals surface area contributed by atoms with E-state index in [-0.39, 0.29) is 12.0 Å². The summed E-state index contributed by atoms with van der Waals surface area (Å²) in [5, 5.41) is 7.55. The molecule has 2 heterocycles. The van der Waals surface area contributed by atoms with Crippen LogP contribution >= 0.6 is 15.9 Å². The Kier molecular flexibility index (Phi) is 4.99. The largest absolute Gasteiger partial charge is 0.463 e. The molecule has 1 N–H and O–H groups in total. The van der Waals surface area contributed by atoms with Crippen LogP contribution in [0, 0.1) is 0 Å². The van der Waals surface area contributed by atoms with Crippen molar-refractivity contribution in [2.24, 2.45) is 0 Å². The van der Waals surface area contributed by atoms with Crippen molar-refractivity contribution in [2.75, 3.05) is 11.9 Å². The Balaban J connectivity index is 2.15. The zero-order valence-electron chi connectivity index (χ0n) is 13.6. The number of halogens is 1. The van der Waals surface area contributed by atoms with E-state index >= 15 is 0 Å². The number of hydrogen-bond donors (Lipinski definition) is 1. The van der Waals surface area contributed by atoms with E-state index in [1.165, 1.54) is 6.33 Å². The zero-order chi connectivity index (χ0) is 17.1. The van der Waals surface area contributed by atoms with Gasteiger partial charge in [-0.15, -0.1) is 0 Å². The molecule has 0 aliphatic carbocycles. The molecule has 1 atom stereocenters. The second-order valence-corrected chi connectivity index (χ2v) is 6.39. The van der Waals surface area contributed by atoms with Gasteiger partial charge in [0.2, 0.25) is 5.95 Å². The van der Waals surface area contributed by atoms with Crippen molar-refractivity contribution in [2.45, 2.75) is 32.7 Å². The van der Waals surface area contributed by atoms with Crippen LogP contribution in [-0.4, -0.2) is 27.3 Å². The lowest BCUT2D eigenvalue weighted by molar-refractivity contribution is -0.139. The molecule has 0 unspecified atom stereocenters. The maximum absolute atomic E-state index is 12.7. The number of aromatic nitrogens is 3. The molecule has 3 rings (SSSR count). The second-order valence-electron chi connectivity index (χ2n) is 5.47. The van der Waals surface area contributed by atoms with Crippen LogP contribution in [-0.2, 0) is 9.53 Å². The van der Waals surface area contributed by atoms with E-state index in [2.05, 4.69) is 38.3 Å². The van der Waals surface area contributed by atoms with E-state index in [4.69, 9.17) is 4.74 Å². The quantitative estimate of drug-likeness (QED) is 0.788. The lowest BCUT2D eigenvalue weighted by atomic mass is 9.94. The molecular weight excluding hydrogens is 372 g/mol. The molecule has 0 saturated heterocycles. The third-order valence-electron chi connectivity index (χ3n) is 3.86. The van der Waals surface area contributed by atoms with E-state index in [0.29, 0.717) is 18.1 Å². The van der Waals surface area contributed by atoms with E-state index < -0.39 is 0 Å². The van der Waals surface area contributed by atoms with Crippen molar-refractivity contribution in [3.63, 3.8) is 0 Å². The molecule has 2 aromatic rings. The third-order valence-corrected chi connectivity index (χ3v) is 4.39. The minimum atomic E-state index is -0.350. The highest BCUT2D eigenvalue weighted by molar-refractivity contribution is 9.10. The fourth-order valence-electron chi connectivity index (χ4n) is 2.86. The van der Waals surface area contributed by atoms with Crippen LogP contribution in [0.4, 0.5) is 5.95 Å². The van der Waals surface area contributed by atoms with E-state index in [1.807, 2.05) is 31.2 Å². The SMILES string of the molecule is CCCC1=C(C(=O)OCC)[C@@H](c2ccc(Br)cc2)n2ncnc2N1. The van der Waals surface area contributed by atoms with Crippen LogP contribution in [0.3, 0.4) is 0 Å². The molecule has 0 amide bonds. The van der Waals surface area contributed by atoms with Crippen molar-refractivity contribution in [3.05, 3.63) is 51.9 Å². The molecule has 126 valence electrons. The average molecular weight is 391 g/mol. The van der Waals surface area contributed by atoms with Gasteiger partial charge in [-0.2, -0.15) is 10.1 Å². The smallest absolute Gasteiger partial charge is 0.338 e. The van der Waals surface area contributed by atoms with E-state index in [1.54, 1.807) is 4.68 Å². The van der Waals surface area contributed by atoms with Gasteiger partial charge in [0, 0.05) is 10.2 Å². The number of benzene rings is 1. The summed E-state index contributed by atoms with van der Waals surface area (Å²) in [4.78, 5) is 16.9. The zero-order valence-corrected chi connectivity index (χ0v) is 15.2. The maximum atomic E-state index is 12.7. The highest BCUT2D eigenvalue weighted by Gasteiger charge is 2.35. The number of ether oxygens (including phenoxy) is 1. The third kappa shape index (κ3) is 3.08. The molecule has 1 aromatic heterocycles. The Bertz CT molecular complexity index is 767. The van der Waals surface area contributed by atoms with Crippen molar-refractivity contribution in [3.8, 4) is 0 Å². The number of carbonyl (C=O) groups excluding carboxylic acids is 1. The highest BCUT2D eigenvalue weighted by atomic mass is 79.9. The number of nitrogens with zero attached hydrogens (tertiary/aromatic N) is 3. The molecule has 7 heteroatoms. The Hall–Kier alpha value is -2.15. The predicted octanol–water partition coefficient (Wildman–Crippen LogP) is 3.67. The molecule has 0 saturated carbocycles. The highest BCUT2D eigenvalue weighted by Crippen LogP contribution is 2.36. The lowest BCUT2D eigenvalue weighted by Gasteiger charge is -2.29. The van der Waals surface area contributed by atoms with Gasteiger partial charge in [-0.1, -0.05) is 41.4 Å². The fourth-order valence-corrected chi connectivity index (χ4v) is 3.13. The van der Waals surface area contributed by atoms with Gasteiger partial charge in [-0.05, 0) is 31.0 Å². The molecule has 1 aliphatic rings. The van der Waals surface area contributed by atoms with Crippen LogP contribution in [0.1, 0.15) is 38.3 Å². The summed E-state index contributed by atoms with van der Waals surface area (Å²) < 4.78 is 8.03. The number of nitrogens with one attached hydrogen (secondary N) is 1. The van der Waals surface area contributed by atoms with Crippen molar-refractivity contribution < 1.29 is 9.53 Å². The van der Waals surface area contributed by atoms with Gasteiger partial charge in [0.15, 0.2) is 0 Å². The first-order chi connectivity index (χ1) is 11.7. The standard InChI is InChI=1S/C17H19BrN4O2/c1-3-5-13-14(16(23)24-4-2)15(11-6-8-12(18)9-7-11)22-17(21-13)19-10-20-22/h6-10,15H,3-5H2,1-2H3,(H,19,20,21)/t15-/m1/s1. The minimum Gasteiger partial charge on any atom is -0.463 e. The van der Waals surface area contributed by atoms with Gasteiger partial charge in [-0.3, -0.25) is 0 Å². The summed E-state index contributed by atoms with van der Waals surface area (Å²) in [7, 11) is 0. The number of allylic oxidation sites excluding steroid dienone is 1. The number of carbonyl (C=O) groups is 1. The number of fused-ring (bicyclic) bond motifs is 1. The van der Waals surface area contributed by atoms with Crippen LogP contribution in [0.2, 0.25) is 0 Å². The molecule has 6 nitrogen and oxygen atoms in total. The molecule has 1 aliphatic heterocycles. The summed E-state index contributed by atoms with van der Waals surface area (Å²) in [5.41, 5.74) is 2.41. The summed E-state index contributed by atoms with van der Waals surface area (Å²) in [5.74, 6) is 0.321. The minimum absolute atomic E-state index is 0.317. The van der Waals surface area contributed by atoms with Crippen LogP contribution < -0.4 is 5.32 Å². The number of esters is 1. The summed E-state index contributed by atoms with van der Waals surface area (Å²) in [6.45, 7) is 4.22. The molecular formula is C17H19BrN4O2. The number of rotatable bonds is 5. The van der Waals surface area contributed by atoms with Crippen LogP contribution in [0.25, 0.3) is 0 Å². The average Bonchev–Trinajstić information content (AvgIpc) is 3.03. The fraction of sp³-hybridized carbons (Fsp3) is 0.353. The lowest BCUT2D eigenvalue weighted by Crippen LogP contribution is -2.30. The summed E-state index contributed by atoms with van der Waals surface area (Å²) >= 11 is 3.45. The Morgan fingerprint density at radius 1 is 1.33 bits per heavy atom. The second kappa shape index (κ2) is 7.17.